The van der Waals surface area contributed by atoms with E-state index in [9.17, 15) is 4.79 Å². The third-order valence-corrected chi connectivity index (χ3v) is 4.22. The zero-order valence-corrected chi connectivity index (χ0v) is 15.7. The van der Waals surface area contributed by atoms with Gasteiger partial charge >= 0.3 is 0 Å². The minimum Gasteiger partial charge on any atom is -0.352 e. The highest BCUT2D eigenvalue weighted by Crippen LogP contribution is 2.17. The van der Waals surface area contributed by atoms with Crippen molar-refractivity contribution in [3.63, 3.8) is 0 Å². The summed E-state index contributed by atoms with van der Waals surface area (Å²) >= 11 is 0. The SMILES string of the molecule is Cc1noc(-c2ccc(C(=O)NCCCN(C)Cc3ccccc3)cc2)n1. The molecule has 0 bridgehead atoms. The Hall–Kier alpha value is -2.99. The summed E-state index contributed by atoms with van der Waals surface area (Å²) in [6, 6.07) is 17.5. The first-order valence-electron chi connectivity index (χ1n) is 9.03. The zero-order valence-electron chi connectivity index (χ0n) is 15.7. The molecule has 1 N–H and O–H groups in total. The Balaban J connectivity index is 1.41. The van der Waals surface area contributed by atoms with E-state index in [4.69, 9.17) is 4.52 Å². The van der Waals surface area contributed by atoms with Crippen LogP contribution in [-0.4, -0.2) is 41.1 Å². The molecule has 2 aromatic carbocycles. The Morgan fingerprint density at radius 1 is 1.11 bits per heavy atom. The summed E-state index contributed by atoms with van der Waals surface area (Å²) < 4.78 is 5.13. The fourth-order valence-corrected chi connectivity index (χ4v) is 2.81. The molecule has 0 aliphatic rings. The van der Waals surface area contributed by atoms with Crippen LogP contribution in [-0.2, 0) is 6.54 Å². The van der Waals surface area contributed by atoms with Crippen molar-refractivity contribution in [3.8, 4) is 11.5 Å². The molecule has 6 nitrogen and oxygen atoms in total. The van der Waals surface area contributed by atoms with Crippen LogP contribution in [0, 0.1) is 6.92 Å². The lowest BCUT2D eigenvalue weighted by Gasteiger charge is -2.16. The van der Waals surface area contributed by atoms with E-state index < -0.39 is 0 Å². The van der Waals surface area contributed by atoms with Crippen LogP contribution in [0.3, 0.4) is 0 Å². The molecule has 3 aromatic rings. The van der Waals surface area contributed by atoms with Gasteiger partial charge in [-0.2, -0.15) is 4.98 Å². The van der Waals surface area contributed by atoms with E-state index in [0.29, 0.717) is 23.8 Å². The molecule has 140 valence electrons. The molecule has 0 radical (unpaired) electrons. The third kappa shape index (κ3) is 5.49. The standard InChI is InChI=1S/C21H24N4O2/c1-16-23-21(27-24-16)19-11-9-18(10-12-19)20(26)22-13-6-14-25(2)15-17-7-4-3-5-8-17/h3-5,7-12H,6,13-15H2,1-2H3,(H,22,26). The first kappa shape index (κ1) is 18.8. The van der Waals surface area contributed by atoms with Crippen molar-refractivity contribution in [2.75, 3.05) is 20.1 Å². The number of amides is 1. The predicted octanol–water partition coefficient (Wildman–Crippen LogP) is 3.30. The second-order valence-electron chi connectivity index (χ2n) is 6.56. The first-order chi connectivity index (χ1) is 13.1. The van der Waals surface area contributed by atoms with Crippen molar-refractivity contribution in [1.82, 2.24) is 20.4 Å². The summed E-state index contributed by atoms with van der Waals surface area (Å²) in [4.78, 5) is 18.7. The van der Waals surface area contributed by atoms with Gasteiger partial charge in [0.25, 0.3) is 11.8 Å². The van der Waals surface area contributed by atoms with E-state index in [1.54, 1.807) is 19.1 Å². The lowest BCUT2D eigenvalue weighted by Crippen LogP contribution is -2.28. The number of rotatable bonds is 8. The molecule has 1 aromatic heterocycles. The number of hydrogen-bond acceptors (Lipinski definition) is 5. The molecular weight excluding hydrogens is 340 g/mol. The molecule has 0 fully saturated rings. The van der Waals surface area contributed by atoms with E-state index in [-0.39, 0.29) is 5.91 Å². The van der Waals surface area contributed by atoms with Crippen LogP contribution < -0.4 is 5.32 Å². The van der Waals surface area contributed by atoms with Crippen LogP contribution >= 0.6 is 0 Å². The van der Waals surface area contributed by atoms with Crippen LogP contribution in [0.2, 0.25) is 0 Å². The minimum atomic E-state index is -0.0750. The van der Waals surface area contributed by atoms with Gasteiger partial charge in [0.2, 0.25) is 0 Å². The Morgan fingerprint density at radius 2 is 1.85 bits per heavy atom. The van der Waals surface area contributed by atoms with Crippen LogP contribution in [0.4, 0.5) is 0 Å². The largest absolute Gasteiger partial charge is 0.352 e. The topological polar surface area (TPSA) is 71.3 Å². The maximum atomic E-state index is 12.3. The maximum absolute atomic E-state index is 12.3. The number of aryl methyl sites for hydroxylation is 1. The van der Waals surface area contributed by atoms with Gasteiger partial charge in [-0.25, -0.2) is 0 Å². The molecule has 1 heterocycles. The van der Waals surface area contributed by atoms with Crippen LogP contribution in [0.25, 0.3) is 11.5 Å². The molecule has 0 aliphatic heterocycles. The third-order valence-electron chi connectivity index (χ3n) is 4.22. The molecule has 0 saturated carbocycles. The molecule has 0 aliphatic carbocycles. The summed E-state index contributed by atoms with van der Waals surface area (Å²) in [7, 11) is 2.09. The van der Waals surface area contributed by atoms with Crippen molar-refractivity contribution < 1.29 is 9.32 Å². The molecule has 6 heteroatoms. The first-order valence-corrected chi connectivity index (χ1v) is 9.03. The summed E-state index contributed by atoms with van der Waals surface area (Å²) in [6.45, 7) is 4.24. The number of nitrogens with zero attached hydrogens (tertiary/aromatic N) is 3. The fraction of sp³-hybridized carbons (Fsp3) is 0.286. The van der Waals surface area contributed by atoms with Gasteiger partial charge in [-0.1, -0.05) is 35.5 Å². The fourth-order valence-electron chi connectivity index (χ4n) is 2.81. The predicted molar refractivity (Wildman–Crippen MR) is 104 cm³/mol. The minimum absolute atomic E-state index is 0.0750. The number of benzene rings is 2. The van der Waals surface area contributed by atoms with Crippen LogP contribution in [0.5, 0.6) is 0 Å². The number of aromatic nitrogens is 2. The second-order valence-corrected chi connectivity index (χ2v) is 6.56. The smallest absolute Gasteiger partial charge is 0.257 e. The average Bonchev–Trinajstić information content (AvgIpc) is 3.12. The van der Waals surface area contributed by atoms with Gasteiger partial charge in [0.05, 0.1) is 0 Å². The molecule has 27 heavy (non-hydrogen) atoms. The maximum Gasteiger partial charge on any atom is 0.257 e. The zero-order chi connectivity index (χ0) is 19.1. The lowest BCUT2D eigenvalue weighted by molar-refractivity contribution is 0.0952. The lowest BCUT2D eigenvalue weighted by atomic mass is 10.1. The van der Waals surface area contributed by atoms with E-state index >= 15 is 0 Å². The highest BCUT2D eigenvalue weighted by Gasteiger charge is 2.09. The Bertz CT molecular complexity index is 859. The van der Waals surface area contributed by atoms with Gasteiger partial charge in [-0.3, -0.25) is 4.79 Å². The molecule has 0 unspecified atom stereocenters. The van der Waals surface area contributed by atoms with Gasteiger partial charge in [0.15, 0.2) is 5.82 Å². The van der Waals surface area contributed by atoms with E-state index in [1.165, 1.54) is 5.56 Å². The molecule has 0 saturated heterocycles. The summed E-state index contributed by atoms with van der Waals surface area (Å²) in [6.07, 6.45) is 0.897. The number of nitrogens with one attached hydrogen (secondary N) is 1. The Kier molecular flexibility index (Phi) is 6.33. The summed E-state index contributed by atoms with van der Waals surface area (Å²) in [5, 5.41) is 6.74. The highest BCUT2D eigenvalue weighted by molar-refractivity contribution is 5.94. The van der Waals surface area contributed by atoms with Gasteiger partial charge in [0, 0.05) is 24.2 Å². The van der Waals surface area contributed by atoms with Gasteiger partial charge in [-0.15, -0.1) is 0 Å². The van der Waals surface area contributed by atoms with Gasteiger partial charge < -0.3 is 14.7 Å². The number of carbonyl (C=O) groups is 1. The molecule has 0 spiro atoms. The number of hydrogen-bond donors (Lipinski definition) is 1. The molecule has 0 atom stereocenters. The molecular formula is C21H24N4O2. The van der Waals surface area contributed by atoms with Crippen molar-refractivity contribution in [3.05, 3.63) is 71.5 Å². The van der Waals surface area contributed by atoms with Crippen LogP contribution in [0.1, 0.15) is 28.2 Å². The van der Waals surface area contributed by atoms with Crippen molar-refractivity contribution in [2.24, 2.45) is 0 Å². The summed E-state index contributed by atoms with van der Waals surface area (Å²) in [5.41, 5.74) is 2.71. The van der Waals surface area contributed by atoms with Gasteiger partial charge in [0.1, 0.15) is 0 Å². The monoisotopic (exact) mass is 364 g/mol. The van der Waals surface area contributed by atoms with Crippen molar-refractivity contribution >= 4 is 5.91 Å². The quantitative estimate of drug-likeness (QED) is 0.621. The normalized spacial score (nSPS) is 10.9. The van der Waals surface area contributed by atoms with Crippen LogP contribution in [0.15, 0.2) is 59.1 Å². The average molecular weight is 364 g/mol. The van der Waals surface area contributed by atoms with E-state index in [0.717, 1.165) is 25.1 Å². The Labute approximate surface area is 159 Å². The van der Waals surface area contributed by atoms with Crippen molar-refractivity contribution in [1.29, 1.82) is 0 Å². The highest BCUT2D eigenvalue weighted by atomic mass is 16.5. The van der Waals surface area contributed by atoms with E-state index in [1.807, 2.05) is 30.3 Å². The summed E-state index contributed by atoms with van der Waals surface area (Å²) in [5.74, 6) is 0.971. The van der Waals surface area contributed by atoms with E-state index in [2.05, 4.69) is 39.5 Å². The van der Waals surface area contributed by atoms with Gasteiger partial charge in [-0.05, 0) is 56.8 Å². The van der Waals surface area contributed by atoms with Crippen molar-refractivity contribution in [2.45, 2.75) is 19.9 Å². The number of carbonyl (C=O) groups excluding carboxylic acids is 1. The molecule has 1 amide bonds. The Morgan fingerprint density at radius 3 is 2.52 bits per heavy atom. The second kappa shape index (κ2) is 9.09. The molecule has 3 rings (SSSR count).